The zero-order valence-electron chi connectivity index (χ0n) is 16.0. The van der Waals surface area contributed by atoms with E-state index in [4.69, 9.17) is 5.73 Å². The maximum absolute atomic E-state index is 12.5. The lowest BCUT2D eigenvalue weighted by atomic mass is 10.1. The van der Waals surface area contributed by atoms with Crippen molar-refractivity contribution in [1.29, 1.82) is 0 Å². The van der Waals surface area contributed by atoms with E-state index in [2.05, 4.69) is 20.4 Å². The Kier molecular flexibility index (Phi) is 5.48. The minimum atomic E-state index is -0.456. The molecule has 0 aliphatic rings. The number of carbonyl (C=O) groups is 1. The van der Waals surface area contributed by atoms with Crippen molar-refractivity contribution in [3.8, 4) is 0 Å². The van der Waals surface area contributed by atoms with Gasteiger partial charge in [-0.15, -0.1) is 5.10 Å². The van der Waals surface area contributed by atoms with E-state index in [0.717, 1.165) is 17.0 Å². The van der Waals surface area contributed by atoms with Crippen LogP contribution in [0.5, 0.6) is 0 Å². The monoisotopic (exact) mass is 384 g/mol. The fourth-order valence-corrected chi connectivity index (χ4v) is 3.44. The predicted octanol–water partition coefficient (Wildman–Crippen LogP) is 2.50. The van der Waals surface area contributed by atoms with Crippen molar-refractivity contribution in [2.75, 3.05) is 6.54 Å². The molecule has 0 aliphatic carbocycles. The molecular formula is C19H24N6OS. The first-order valence-electron chi connectivity index (χ1n) is 8.72. The molecule has 3 rings (SSSR count). The van der Waals surface area contributed by atoms with Crippen molar-refractivity contribution in [2.24, 2.45) is 5.73 Å². The molecule has 0 spiro atoms. The Morgan fingerprint density at radius 3 is 2.74 bits per heavy atom. The van der Waals surface area contributed by atoms with E-state index in [1.54, 1.807) is 4.52 Å². The topological polar surface area (TPSA) is 98.2 Å². The number of aryl methyl sites for hydroxylation is 2. The Labute approximate surface area is 162 Å². The summed E-state index contributed by atoms with van der Waals surface area (Å²) in [5.74, 6) is 1.05. The van der Waals surface area contributed by atoms with Crippen molar-refractivity contribution in [3.63, 3.8) is 0 Å². The van der Waals surface area contributed by atoms with Crippen molar-refractivity contribution in [1.82, 2.24) is 24.9 Å². The van der Waals surface area contributed by atoms with Crippen molar-refractivity contribution < 1.29 is 4.79 Å². The molecule has 1 amide bonds. The van der Waals surface area contributed by atoms with Gasteiger partial charge in [0.25, 0.3) is 11.7 Å². The molecule has 142 valence electrons. The van der Waals surface area contributed by atoms with E-state index in [1.807, 2.05) is 58.0 Å². The second kappa shape index (κ2) is 7.66. The molecule has 0 saturated heterocycles. The number of rotatable bonds is 6. The molecule has 0 radical (unpaired) electrons. The van der Waals surface area contributed by atoms with Gasteiger partial charge in [-0.25, -0.2) is 9.50 Å². The average Bonchev–Trinajstić information content (AvgIpc) is 3.00. The predicted molar refractivity (Wildman–Crippen MR) is 107 cm³/mol. The molecule has 8 heteroatoms. The van der Waals surface area contributed by atoms with E-state index in [-0.39, 0.29) is 5.91 Å². The van der Waals surface area contributed by atoms with Crippen LogP contribution < -0.4 is 11.1 Å². The van der Waals surface area contributed by atoms with Crippen molar-refractivity contribution in [2.45, 2.75) is 44.1 Å². The third kappa shape index (κ3) is 4.84. The summed E-state index contributed by atoms with van der Waals surface area (Å²) in [6, 6.07) is 9.51. The fraction of sp³-hybridized carbons (Fsp3) is 0.368. The number of hydrogen-bond donors (Lipinski definition) is 2. The molecule has 2 heterocycles. The highest BCUT2D eigenvalue weighted by molar-refractivity contribution is 7.98. The van der Waals surface area contributed by atoms with Crippen LogP contribution in [0.1, 0.15) is 41.2 Å². The van der Waals surface area contributed by atoms with Crippen LogP contribution in [0.4, 0.5) is 0 Å². The summed E-state index contributed by atoms with van der Waals surface area (Å²) in [6.07, 6.45) is 0. The van der Waals surface area contributed by atoms with Crippen LogP contribution >= 0.6 is 11.8 Å². The van der Waals surface area contributed by atoms with Crippen molar-refractivity contribution >= 4 is 23.4 Å². The zero-order chi connectivity index (χ0) is 19.6. The third-order valence-electron chi connectivity index (χ3n) is 3.92. The molecular weight excluding hydrogens is 360 g/mol. The Bertz CT molecular complexity index is 976. The lowest BCUT2D eigenvalue weighted by Crippen LogP contribution is -2.45. The van der Waals surface area contributed by atoms with Crippen molar-refractivity contribution in [3.05, 3.63) is 52.8 Å². The summed E-state index contributed by atoms with van der Waals surface area (Å²) in [5.41, 5.74) is 8.96. The SMILES string of the molecule is Cc1cc(C)n2nc(SCc3ccccc3C(=O)NCC(C)(C)N)nc2n1. The van der Waals surface area contributed by atoms with Crippen LogP contribution in [0.3, 0.4) is 0 Å². The summed E-state index contributed by atoms with van der Waals surface area (Å²) in [6.45, 7) is 8.07. The van der Waals surface area contributed by atoms with E-state index in [9.17, 15) is 4.79 Å². The van der Waals surface area contributed by atoms with Gasteiger partial charge < -0.3 is 11.1 Å². The molecule has 0 aliphatic heterocycles. The van der Waals surface area contributed by atoms with Crippen LogP contribution in [-0.2, 0) is 5.75 Å². The summed E-state index contributed by atoms with van der Waals surface area (Å²) in [4.78, 5) is 21.4. The molecule has 0 atom stereocenters. The Morgan fingerprint density at radius 2 is 2.00 bits per heavy atom. The van der Waals surface area contributed by atoms with Gasteiger partial charge in [0, 0.05) is 34.8 Å². The molecule has 3 aromatic rings. The molecule has 0 saturated carbocycles. The first kappa shape index (κ1) is 19.3. The number of amides is 1. The minimum Gasteiger partial charge on any atom is -0.350 e. The van der Waals surface area contributed by atoms with Gasteiger partial charge in [-0.05, 0) is 45.4 Å². The average molecular weight is 385 g/mol. The maximum Gasteiger partial charge on any atom is 0.253 e. The van der Waals surface area contributed by atoms with E-state index < -0.39 is 5.54 Å². The van der Waals surface area contributed by atoms with Gasteiger partial charge in [-0.1, -0.05) is 30.0 Å². The summed E-state index contributed by atoms with van der Waals surface area (Å²) in [7, 11) is 0. The van der Waals surface area contributed by atoms with Crippen LogP contribution in [-0.4, -0.2) is 37.6 Å². The minimum absolute atomic E-state index is 0.124. The summed E-state index contributed by atoms with van der Waals surface area (Å²) >= 11 is 1.48. The zero-order valence-corrected chi connectivity index (χ0v) is 16.8. The second-order valence-electron chi connectivity index (χ2n) is 7.26. The van der Waals surface area contributed by atoms with Crippen LogP contribution in [0, 0.1) is 13.8 Å². The number of thioether (sulfide) groups is 1. The highest BCUT2D eigenvalue weighted by Gasteiger charge is 2.16. The van der Waals surface area contributed by atoms with Gasteiger partial charge in [-0.2, -0.15) is 4.98 Å². The van der Waals surface area contributed by atoms with E-state index in [1.165, 1.54) is 11.8 Å². The number of aromatic nitrogens is 4. The molecule has 27 heavy (non-hydrogen) atoms. The standard InChI is InChI=1S/C19H24N6OS/c1-12-9-13(2)25-17(22-12)23-18(24-25)27-10-14-7-5-6-8-15(14)16(26)21-11-19(3,4)20/h5-9H,10-11,20H2,1-4H3,(H,21,26). The second-order valence-corrected chi connectivity index (χ2v) is 8.20. The number of benzene rings is 1. The van der Waals surface area contributed by atoms with E-state index >= 15 is 0 Å². The fourth-order valence-electron chi connectivity index (χ4n) is 2.62. The molecule has 1 aromatic carbocycles. The summed E-state index contributed by atoms with van der Waals surface area (Å²) < 4.78 is 1.73. The molecule has 3 N–H and O–H groups in total. The Morgan fingerprint density at radius 1 is 1.26 bits per heavy atom. The number of fused-ring (bicyclic) bond motifs is 1. The normalized spacial score (nSPS) is 11.7. The molecule has 0 unspecified atom stereocenters. The molecule has 0 bridgehead atoms. The highest BCUT2D eigenvalue weighted by atomic mass is 32.2. The van der Waals surface area contributed by atoms with Gasteiger partial charge in [0.05, 0.1) is 0 Å². The lowest BCUT2D eigenvalue weighted by Gasteiger charge is -2.19. The lowest BCUT2D eigenvalue weighted by molar-refractivity contribution is 0.0945. The Hall–Kier alpha value is -2.45. The molecule has 2 aromatic heterocycles. The van der Waals surface area contributed by atoms with Gasteiger partial charge in [-0.3, -0.25) is 4.79 Å². The third-order valence-corrected chi connectivity index (χ3v) is 4.81. The number of nitrogens with zero attached hydrogens (tertiary/aromatic N) is 4. The highest BCUT2D eigenvalue weighted by Crippen LogP contribution is 2.22. The quantitative estimate of drug-likeness (QED) is 0.634. The van der Waals surface area contributed by atoms with E-state index in [0.29, 0.717) is 28.8 Å². The van der Waals surface area contributed by atoms with Gasteiger partial charge in [0.2, 0.25) is 5.16 Å². The largest absolute Gasteiger partial charge is 0.350 e. The number of hydrogen-bond acceptors (Lipinski definition) is 6. The van der Waals surface area contributed by atoms with Gasteiger partial charge >= 0.3 is 0 Å². The first-order valence-corrected chi connectivity index (χ1v) is 9.70. The van der Waals surface area contributed by atoms with Gasteiger partial charge in [0.15, 0.2) is 0 Å². The number of carbonyl (C=O) groups excluding carboxylic acids is 1. The number of nitrogens with one attached hydrogen (secondary N) is 1. The van der Waals surface area contributed by atoms with Crippen LogP contribution in [0.15, 0.2) is 35.5 Å². The number of nitrogens with two attached hydrogens (primary N) is 1. The molecule has 7 nitrogen and oxygen atoms in total. The smallest absolute Gasteiger partial charge is 0.253 e. The van der Waals surface area contributed by atoms with Crippen LogP contribution in [0.2, 0.25) is 0 Å². The van der Waals surface area contributed by atoms with Crippen LogP contribution in [0.25, 0.3) is 5.78 Å². The Balaban J connectivity index is 1.75. The maximum atomic E-state index is 12.5. The first-order chi connectivity index (χ1) is 12.7. The molecule has 0 fully saturated rings. The van der Waals surface area contributed by atoms with Gasteiger partial charge in [0.1, 0.15) is 0 Å². The summed E-state index contributed by atoms with van der Waals surface area (Å²) in [5, 5.41) is 8.03.